The Morgan fingerprint density at radius 1 is 1.05 bits per heavy atom. The van der Waals surface area contributed by atoms with Crippen LogP contribution in [0.15, 0.2) is 42.5 Å². The van der Waals surface area contributed by atoms with Crippen LogP contribution in [0.1, 0.15) is 28.8 Å². The molecule has 2 aromatic rings. The highest BCUT2D eigenvalue weighted by atomic mass is 35.5. The summed E-state index contributed by atoms with van der Waals surface area (Å²) in [5.41, 5.74) is 3.95. The van der Waals surface area contributed by atoms with Gasteiger partial charge in [0.05, 0.1) is 5.54 Å². The Hall–Kier alpha value is -1.80. The van der Waals surface area contributed by atoms with Gasteiger partial charge in [-0.2, -0.15) is 0 Å². The molecular weight excluding hydrogens is 270 g/mol. The number of benzene rings is 2. The average molecular weight is 284 g/mol. The number of fused-ring (bicyclic) bond motifs is 4. The largest absolute Gasteiger partial charge is 0.332 e. The summed E-state index contributed by atoms with van der Waals surface area (Å²) in [6.45, 7) is 0. The molecule has 4 rings (SSSR count). The van der Waals surface area contributed by atoms with E-state index in [0.717, 1.165) is 29.5 Å². The van der Waals surface area contributed by atoms with Crippen LogP contribution >= 0.6 is 11.6 Å². The van der Waals surface area contributed by atoms with Gasteiger partial charge in [0.1, 0.15) is 0 Å². The van der Waals surface area contributed by atoms with Gasteiger partial charge in [0.25, 0.3) is 5.91 Å². The van der Waals surface area contributed by atoms with Crippen LogP contribution in [0, 0.1) is 0 Å². The topological polar surface area (TPSA) is 20.3 Å². The van der Waals surface area contributed by atoms with E-state index < -0.39 is 0 Å². The predicted octanol–water partition coefficient (Wildman–Crippen LogP) is 4.08. The van der Waals surface area contributed by atoms with E-state index >= 15 is 0 Å². The number of carbonyl (C=O) groups excluding carboxylic acids is 1. The number of halogens is 1. The minimum Gasteiger partial charge on any atom is -0.332 e. The molecule has 0 atom stereocenters. The summed E-state index contributed by atoms with van der Waals surface area (Å²) in [6.07, 6.45) is 2.05. The normalized spacial score (nSPS) is 18.5. The van der Waals surface area contributed by atoms with Crippen LogP contribution in [-0.4, -0.2) is 17.9 Å². The van der Waals surface area contributed by atoms with Crippen LogP contribution in [0.25, 0.3) is 11.1 Å². The molecule has 1 fully saturated rings. The van der Waals surface area contributed by atoms with Crippen molar-refractivity contribution in [3.8, 4) is 11.1 Å². The van der Waals surface area contributed by atoms with Crippen molar-refractivity contribution >= 4 is 17.5 Å². The van der Waals surface area contributed by atoms with Crippen molar-refractivity contribution in [2.45, 2.75) is 18.4 Å². The van der Waals surface area contributed by atoms with Crippen LogP contribution in [0.2, 0.25) is 5.02 Å². The van der Waals surface area contributed by atoms with Crippen molar-refractivity contribution in [3.63, 3.8) is 0 Å². The molecular formula is C17H14ClNO. The van der Waals surface area contributed by atoms with E-state index in [0.29, 0.717) is 5.02 Å². The van der Waals surface area contributed by atoms with Gasteiger partial charge in [-0.25, -0.2) is 0 Å². The number of hydrogen-bond acceptors (Lipinski definition) is 1. The van der Waals surface area contributed by atoms with E-state index in [2.05, 4.69) is 6.07 Å². The Bertz CT molecular complexity index is 734. The van der Waals surface area contributed by atoms with Gasteiger partial charge < -0.3 is 4.90 Å². The molecule has 1 heterocycles. The lowest BCUT2D eigenvalue weighted by atomic mass is 9.93. The molecule has 1 aliphatic carbocycles. The van der Waals surface area contributed by atoms with Crippen LogP contribution < -0.4 is 0 Å². The molecule has 0 saturated heterocycles. The van der Waals surface area contributed by atoms with Gasteiger partial charge in [-0.05, 0) is 47.7 Å². The molecule has 1 amide bonds. The summed E-state index contributed by atoms with van der Waals surface area (Å²) in [7, 11) is 1.91. The highest BCUT2D eigenvalue weighted by molar-refractivity contribution is 6.31. The van der Waals surface area contributed by atoms with Gasteiger partial charge >= 0.3 is 0 Å². The second-order valence-corrected chi connectivity index (χ2v) is 6.07. The van der Waals surface area contributed by atoms with E-state index in [1.165, 1.54) is 5.56 Å². The summed E-state index contributed by atoms with van der Waals surface area (Å²) in [4.78, 5) is 14.6. The molecule has 0 unspecified atom stereocenters. The molecule has 0 aromatic heterocycles. The second-order valence-electron chi connectivity index (χ2n) is 5.63. The van der Waals surface area contributed by atoms with Crippen molar-refractivity contribution in [1.29, 1.82) is 0 Å². The van der Waals surface area contributed by atoms with Gasteiger partial charge in [0, 0.05) is 17.6 Å². The van der Waals surface area contributed by atoms with Crippen LogP contribution in [0.5, 0.6) is 0 Å². The second kappa shape index (κ2) is 3.86. The Morgan fingerprint density at radius 2 is 1.75 bits per heavy atom. The monoisotopic (exact) mass is 283 g/mol. The van der Waals surface area contributed by atoms with Crippen molar-refractivity contribution < 1.29 is 4.79 Å². The van der Waals surface area contributed by atoms with E-state index in [1.54, 1.807) is 0 Å². The SMILES string of the molecule is CN1C(=O)c2ccccc2-c2cc(Cl)ccc2C12CC2. The Kier molecular flexibility index (Phi) is 2.31. The lowest BCUT2D eigenvalue weighted by Gasteiger charge is -2.27. The smallest absolute Gasteiger partial charge is 0.254 e. The molecule has 1 saturated carbocycles. The van der Waals surface area contributed by atoms with Crippen molar-refractivity contribution in [1.82, 2.24) is 4.90 Å². The maximum Gasteiger partial charge on any atom is 0.254 e. The minimum absolute atomic E-state index is 0.102. The third-order valence-electron chi connectivity index (χ3n) is 4.60. The Morgan fingerprint density at radius 3 is 2.45 bits per heavy atom. The summed E-state index contributed by atoms with van der Waals surface area (Å²) in [5, 5.41) is 0.714. The van der Waals surface area contributed by atoms with Crippen LogP contribution in [0.4, 0.5) is 0 Å². The van der Waals surface area contributed by atoms with E-state index in [-0.39, 0.29) is 11.4 Å². The van der Waals surface area contributed by atoms with Gasteiger partial charge in [0.15, 0.2) is 0 Å². The lowest BCUT2D eigenvalue weighted by Crippen LogP contribution is -2.36. The van der Waals surface area contributed by atoms with Crippen molar-refractivity contribution in [2.75, 3.05) is 7.05 Å². The molecule has 1 spiro atoms. The number of carbonyl (C=O) groups is 1. The van der Waals surface area contributed by atoms with Gasteiger partial charge in [-0.3, -0.25) is 4.79 Å². The molecule has 0 N–H and O–H groups in total. The summed E-state index contributed by atoms with van der Waals surface area (Å²) in [5.74, 6) is 0.102. The molecule has 3 heteroatoms. The number of amides is 1. The number of nitrogens with zero attached hydrogens (tertiary/aromatic N) is 1. The van der Waals surface area contributed by atoms with Gasteiger partial charge in [0.2, 0.25) is 0 Å². The first-order valence-corrected chi connectivity index (χ1v) is 7.19. The summed E-state index contributed by atoms with van der Waals surface area (Å²) in [6, 6.07) is 13.8. The fraction of sp³-hybridized carbons (Fsp3) is 0.235. The lowest BCUT2D eigenvalue weighted by molar-refractivity contribution is 0.0710. The van der Waals surface area contributed by atoms with Crippen molar-refractivity contribution in [3.05, 3.63) is 58.6 Å². The highest BCUT2D eigenvalue weighted by Gasteiger charge is 2.52. The third kappa shape index (κ3) is 1.43. The average Bonchev–Trinajstić information content (AvgIpc) is 3.27. The van der Waals surface area contributed by atoms with E-state index in [1.807, 2.05) is 48.3 Å². The van der Waals surface area contributed by atoms with Crippen LogP contribution in [0.3, 0.4) is 0 Å². The highest BCUT2D eigenvalue weighted by Crippen LogP contribution is 2.55. The number of hydrogen-bond donors (Lipinski definition) is 0. The molecule has 2 aromatic carbocycles. The summed E-state index contributed by atoms with van der Waals surface area (Å²) >= 11 is 6.18. The zero-order chi connectivity index (χ0) is 13.9. The zero-order valence-electron chi connectivity index (χ0n) is 11.2. The first-order chi connectivity index (χ1) is 9.63. The molecule has 0 bridgehead atoms. The predicted molar refractivity (Wildman–Crippen MR) is 79.9 cm³/mol. The fourth-order valence-electron chi connectivity index (χ4n) is 3.33. The maximum atomic E-state index is 12.7. The quantitative estimate of drug-likeness (QED) is 0.713. The summed E-state index contributed by atoms with van der Waals surface area (Å²) < 4.78 is 0. The molecule has 2 nitrogen and oxygen atoms in total. The molecule has 0 radical (unpaired) electrons. The zero-order valence-corrected chi connectivity index (χ0v) is 11.9. The Labute approximate surface area is 123 Å². The number of rotatable bonds is 0. The van der Waals surface area contributed by atoms with Crippen LogP contribution in [-0.2, 0) is 5.54 Å². The first kappa shape index (κ1) is 12.0. The minimum atomic E-state index is -0.129. The van der Waals surface area contributed by atoms with E-state index in [9.17, 15) is 4.79 Å². The van der Waals surface area contributed by atoms with E-state index in [4.69, 9.17) is 11.6 Å². The van der Waals surface area contributed by atoms with Crippen molar-refractivity contribution in [2.24, 2.45) is 0 Å². The standard InChI is InChI=1S/C17H14ClNO/c1-19-16(20)13-5-3-2-4-12(13)14-10-11(18)6-7-15(14)17(19)8-9-17/h2-7,10H,8-9H2,1H3. The molecule has 100 valence electrons. The maximum absolute atomic E-state index is 12.7. The third-order valence-corrected chi connectivity index (χ3v) is 4.84. The molecule has 2 aliphatic rings. The van der Waals surface area contributed by atoms with Gasteiger partial charge in [-0.1, -0.05) is 35.9 Å². The molecule has 20 heavy (non-hydrogen) atoms. The molecule has 1 aliphatic heterocycles. The first-order valence-electron chi connectivity index (χ1n) is 6.81. The van der Waals surface area contributed by atoms with Gasteiger partial charge in [-0.15, -0.1) is 0 Å². The Balaban J connectivity index is 2.10. The fourth-order valence-corrected chi connectivity index (χ4v) is 3.50.